The largest absolute Gasteiger partial charge is 0.356 e. The van der Waals surface area contributed by atoms with Gasteiger partial charge in [-0.05, 0) is 161 Å². The zero-order valence-corrected chi connectivity index (χ0v) is 54.7. The van der Waals surface area contributed by atoms with Crippen LogP contribution in [0.5, 0.6) is 0 Å². The first-order valence-corrected chi connectivity index (χ1v) is 37.0. The molecule has 0 aromatic heterocycles. The van der Waals surface area contributed by atoms with Gasteiger partial charge < -0.3 is 20.9 Å². The van der Waals surface area contributed by atoms with E-state index in [0.29, 0.717) is 34.3 Å². The van der Waals surface area contributed by atoms with Gasteiger partial charge in [-0.25, -0.2) is 0 Å². The van der Waals surface area contributed by atoms with Crippen LogP contribution >= 0.6 is 47.0 Å². The molecule has 4 unspecified atom stereocenters. The smallest absolute Gasteiger partial charge is 0.220 e. The zero-order chi connectivity index (χ0) is 55.4. The highest BCUT2D eigenvalue weighted by Crippen LogP contribution is 2.63. The number of hydrogen-bond donors (Lipinski definition) is 3. The van der Waals surface area contributed by atoms with Gasteiger partial charge in [0.05, 0.1) is 9.16 Å². The topological polar surface area (TPSA) is 90.5 Å². The summed E-state index contributed by atoms with van der Waals surface area (Å²) < 4.78 is 1.01. The second-order valence-electron chi connectivity index (χ2n) is 24.9. The van der Waals surface area contributed by atoms with E-state index in [4.69, 9.17) is 0 Å². The van der Waals surface area contributed by atoms with Crippen LogP contribution in [-0.2, 0) is 14.4 Å². The van der Waals surface area contributed by atoms with E-state index in [9.17, 15) is 14.4 Å². The van der Waals surface area contributed by atoms with Crippen molar-refractivity contribution < 1.29 is 14.4 Å². The summed E-state index contributed by atoms with van der Waals surface area (Å²) in [5, 5.41) is 10.2. The maximum Gasteiger partial charge on any atom is 0.220 e. The summed E-state index contributed by atoms with van der Waals surface area (Å²) >= 11 is 8.48. The lowest BCUT2D eigenvalue weighted by atomic mass is 9.47. The van der Waals surface area contributed by atoms with Gasteiger partial charge in [-0.3, -0.25) is 14.4 Å². The summed E-state index contributed by atoms with van der Waals surface area (Å²) in [6, 6.07) is 0. The molecule has 0 aromatic carbocycles. The van der Waals surface area contributed by atoms with E-state index < -0.39 is 0 Å². The number of rotatable bonds is 53. The molecule has 0 radical (unpaired) electrons. The van der Waals surface area contributed by atoms with Crippen LogP contribution in [0.15, 0.2) is 0 Å². The third-order valence-corrected chi connectivity index (χ3v) is 23.3. The van der Waals surface area contributed by atoms with Gasteiger partial charge in [0.15, 0.2) is 0 Å². The molecule has 3 N–H and O–H groups in total. The van der Waals surface area contributed by atoms with Gasteiger partial charge in [-0.15, -0.1) is 47.0 Å². The van der Waals surface area contributed by atoms with Crippen molar-refractivity contribution in [2.24, 2.45) is 22.2 Å². The van der Waals surface area contributed by atoms with Crippen LogP contribution in [0.25, 0.3) is 0 Å². The van der Waals surface area contributed by atoms with E-state index in [0.717, 1.165) is 90.6 Å². The number of amides is 3. The van der Waals surface area contributed by atoms with Crippen LogP contribution < -0.4 is 16.0 Å². The molecule has 0 aliphatic heterocycles. The molecule has 2 rings (SSSR count). The van der Waals surface area contributed by atoms with E-state index >= 15 is 0 Å². The lowest BCUT2D eigenvalue weighted by Crippen LogP contribution is -2.50. The van der Waals surface area contributed by atoms with Crippen molar-refractivity contribution in [1.29, 1.82) is 0 Å². The molecule has 4 atom stereocenters. The number of nitrogens with one attached hydrogen (secondary N) is 3. The second-order valence-corrected chi connectivity index (χ2v) is 30.7. The highest BCUT2D eigenvalue weighted by molar-refractivity contribution is 8.17. The number of thioether (sulfide) groups is 4. The average molecular weight is 1140 g/mol. The first-order chi connectivity index (χ1) is 36.9. The van der Waals surface area contributed by atoms with Gasteiger partial charge in [-0.2, -0.15) is 0 Å². The molecule has 2 saturated carbocycles. The summed E-state index contributed by atoms with van der Waals surface area (Å²) in [6.07, 6.45) is 45.7. The van der Waals surface area contributed by atoms with Gasteiger partial charge in [0, 0.05) is 38.9 Å². The molecule has 7 nitrogen and oxygen atoms in total. The second kappa shape index (κ2) is 46.3. The van der Waals surface area contributed by atoms with Crippen LogP contribution in [0.4, 0.5) is 0 Å². The third kappa shape index (κ3) is 36.3. The number of carbonyl (C=O) groups excluding carboxylic acids is 3. The van der Waals surface area contributed by atoms with Gasteiger partial charge in [-0.1, -0.05) is 184 Å². The average Bonchev–Trinajstić information content (AvgIpc) is 3.38. The fourth-order valence-electron chi connectivity index (χ4n) is 13.1. The lowest BCUT2D eigenvalue weighted by molar-refractivity contribution is -0.122. The van der Waals surface area contributed by atoms with Gasteiger partial charge in [0.25, 0.3) is 0 Å². The molecule has 0 heterocycles. The van der Waals surface area contributed by atoms with Gasteiger partial charge >= 0.3 is 0 Å². The molecule has 76 heavy (non-hydrogen) atoms. The van der Waals surface area contributed by atoms with E-state index in [2.05, 4.69) is 123 Å². The van der Waals surface area contributed by atoms with Crippen molar-refractivity contribution in [2.45, 2.75) is 309 Å². The number of fused-ring (bicyclic) bond motifs is 2. The van der Waals surface area contributed by atoms with Crippen molar-refractivity contribution in [3.05, 3.63) is 0 Å². The molecule has 3 amide bonds. The number of unbranched alkanes of at least 4 members (excludes halogenated alkanes) is 20. The minimum Gasteiger partial charge on any atom is -0.356 e. The summed E-state index contributed by atoms with van der Waals surface area (Å²) in [4.78, 5) is 42.7. The summed E-state index contributed by atoms with van der Waals surface area (Å²) in [6.45, 7) is 23.9. The molecule has 2 bridgehead atoms. The Morgan fingerprint density at radius 1 is 0.434 bits per heavy atom. The first-order valence-electron chi connectivity index (χ1n) is 32.8. The SMILES string of the molecule is CCCCCCCCSC(CCC(=O)NCCC1(C)CC2CC(C)(CCNC(=O)CCCN(CC)CC)CC(CCNC(=O)CCC(SCCCCCCCC)SCCCCCCCC)(C2)C1)SCCCCCCCC. The Bertz CT molecular complexity index is 1390. The Morgan fingerprint density at radius 3 is 1.12 bits per heavy atom. The molecule has 2 aliphatic rings. The Labute approximate surface area is 489 Å². The predicted octanol–water partition coefficient (Wildman–Crippen LogP) is 18.8. The van der Waals surface area contributed by atoms with Crippen molar-refractivity contribution in [1.82, 2.24) is 20.9 Å². The Morgan fingerprint density at radius 2 is 0.763 bits per heavy atom. The quantitative estimate of drug-likeness (QED) is 0.0410. The maximum atomic E-state index is 13.7. The van der Waals surface area contributed by atoms with E-state index in [-0.39, 0.29) is 34.0 Å². The third-order valence-electron chi connectivity index (χ3n) is 17.2. The van der Waals surface area contributed by atoms with Crippen molar-refractivity contribution in [2.75, 3.05) is 62.3 Å². The summed E-state index contributed by atoms with van der Waals surface area (Å²) in [5.41, 5.74) is 0.448. The molecule has 0 spiro atoms. The molecule has 0 saturated heterocycles. The van der Waals surface area contributed by atoms with Crippen LogP contribution in [0.1, 0.15) is 299 Å². The van der Waals surface area contributed by atoms with Crippen LogP contribution in [0.2, 0.25) is 0 Å². The normalized spacial score (nSPS) is 20.5. The molecule has 0 aromatic rings. The number of hydrogen-bond acceptors (Lipinski definition) is 8. The van der Waals surface area contributed by atoms with Crippen molar-refractivity contribution in [3.8, 4) is 0 Å². The standard InChI is InChI=1S/C65H126N4O3S4/c1-9-15-19-23-27-31-48-73-61(74-49-32-28-24-20-16-10-2)39-37-59(71)67-45-42-64(8)53-57-52-63(7,41-44-66-58(70)36-35-47-69(13-5)14-6)55-65(54-57,56-64)43-46-68-60(72)38-40-62(75-50-33-29-25-21-17-11-3)76-51-34-30-26-22-18-12-4/h57,61-62H,9-56H2,1-8H3,(H,66,70)(H,67,71)(H,68,72). The summed E-state index contributed by atoms with van der Waals surface area (Å²) in [5.74, 6) is 6.13. The van der Waals surface area contributed by atoms with E-state index in [1.54, 1.807) is 0 Å². The minimum absolute atomic E-state index is 0.145. The highest BCUT2D eigenvalue weighted by Gasteiger charge is 2.53. The minimum atomic E-state index is 0.145. The zero-order valence-electron chi connectivity index (χ0n) is 51.5. The number of carbonyl (C=O) groups is 3. The van der Waals surface area contributed by atoms with E-state index in [1.807, 2.05) is 0 Å². The Hall–Kier alpha value is -0.230. The summed E-state index contributed by atoms with van der Waals surface area (Å²) in [7, 11) is 0. The maximum absolute atomic E-state index is 13.7. The fraction of sp³-hybridized carbons (Fsp3) is 0.954. The van der Waals surface area contributed by atoms with Crippen molar-refractivity contribution >= 4 is 64.8 Å². The molecular weight excluding hydrogens is 1010 g/mol. The first kappa shape index (κ1) is 71.9. The van der Waals surface area contributed by atoms with Gasteiger partial charge in [0.1, 0.15) is 0 Å². The fourth-order valence-corrected chi connectivity index (χ4v) is 18.7. The van der Waals surface area contributed by atoms with Crippen LogP contribution in [-0.4, -0.2) is 94.1 Å². The molecule has 11 heteroatoms. The van der Waals surface area contributed by atoms with Crippen molar-refractivity contribution in [3.63, 3.8) is 0 Å². The highest BCUT2D eigenvalue weighted by atomic mass is 32.2. The van der Waals surface area contributed by atoms with Gasteiger partial charge in [0.2, 0.25) is 17.7 Å². The monoisotopic (exact) mass is 1140 g/mol. The predicted molar refractivity (Wildman–Crippen MR) is 345 cm³/mol. The Kier molecular flexibility index (Phi) is 43.8. The molecule has 2 fully saturated rings. The lowest BCUT2D eigenvalue weighted by Gasteiger charge is -2.58. The van der Waals surface area contributed by atoms with Crippen LogP contribution in [0, 0.1) is 22.2 Å². The Balaban J connectivity index is 2.06. The van der Waals surface area contributed by atoms with Crippen LogP contribution in [0.3, 0.4) is 0 Å². The molecule has 448 valence electrons. The van der Waals surface area contributed by atoms with E-state index in [1.165, 1.54) is 196 Å². The molecular formula is C65H126N4O3S4. The molecule has 2 aliphatic carbocycles. The number of nitrogens with zero attached hydrogens (tertiary/aromatic N) is 1.